The molecule has 1 fully saturated rings. The maximum atomic E-state index is 2.38. The molecule has 0 spiro atoms. The Bertz CT molecular complexity index is 93.4. The Morgan fingerprint density at radius 2 is 1.70 bits per heavy atom. The molecule has 0 aromatic heterocycles. The van der Waals surface area contributed by atoms with E-state index in [-0.39, 0.29) is 0 Å². The molecule has 0 N–H and O–H groups in total. The van der Waals surface area contributed by atoms with E-state index in [0.29, 0.717) is 0 Å². The van der Waals surface area contributed by atoms with Crippen LogP contribution in [-0.4, -0.2) is 44.0 Å². The van der Waals surface area contributed by atoms with E-state index in [9.17, 15) is 0 Å². The van der Waals surface area contributed by atoms with Gasteiger partial charge >= 0.3 is 0 Å². The lowest BCUT2D eigenvalue weighted by Crippen LogP contribution is -2.34. The zero-order valence-electron chi connectivity index (χ0n) is 7.22. The zero-order chi connectivity index (χ0) is 7.56. The van der Waals surface area contributed by atoms with Gasteiger partial charge in [0.05, 0.1) is 0 Å². The van der Waals surface area contributed by atoms with Crippen LogP contribution in [0, 0.1) is 6.04 Å². The minimum absolute atomic E-state index is 1.23. The van der Waals surface area contributed by atoms with E-state index in [4.69, 9.17) is 0 Å². The van der Waals surface area contributed by atoms with Gasteiger partial charge in [-0.15, -0.1) is 0 Å². The minimum Gasteiger partial charge on any atom is -0.306 e. The van der Waals surface area contributed by atoms with Crippen LogP contribution >= 0.6 is 0 Å². The fraction of sp³-hybridized carbons (Fsp3) is 0.875. The van der Waals surface area contributed by atoms with Crippen molar-refractivity contribution in [3.63, 3.8) is 0 Å². The van der Waals surface area contributed by atoms with Crippen molar-refractivity contribution in [3.05, 3.63) is 6.04 Å². The van der Waals surface area contributed by atoms with Crippen molar-refractivity contribution in [2.24, 2.45) is 0 Å². The van der Waals surface area contributed by atoms with E-state index in [0.717, 1.165) is 0 Å². The van der Waals surface area contributed by atoms with Gasteiger partial charge in [-0.05, 0) is 47.1 Å². The molecule has 1 rings (SSSR count). The fourth-order valence-corrected chi connectivity index (χ4v) is 1.32. The van der Waals surface area contributed by atoms with Crippen molar-refractivity contribution < 1.29 is 0 Å². The average Bonchev–Trinajstić information content (AvgIpc) is 1.88. The standard InChI is InChI=1S/C8H17N2/c1-9(2)8-4-6-10(3)7-5-8/h4-7H2,1-3H3. The molecule has 0 aromatic rings. The predicted molar refractivity (Wildman–Crippen MR) is 43.7 cm³/mol. The van der Waals surface area contributed by atoms with Crippen molar-refractivity contribution in [1.82, 2.24) is 9.80 Å². The SMILES string of the molecule is CN1CC[C](N(C)C)CC1. The summed E-state index contributed by atoms with van der Waals surface area (Å²) in [6, 6.07) is 1.60. The Kier molecular flexibility index (Phi) is 2.69. The molecule has 0 unspecified atom stereocenters. The fourth-order valence-electron chi connectivity index (χ4n) is 1.32. The molecule has 1 saturated heterocycles. The quantitative estimate of drug-likeness (QED) is 0.533. The van der Waals surface area contributed by atoms with Gasteiger partial charge < -0.3 is 9.80 Å². The molecule has 10 heavy (non-hydrogen) atoms. The predicted octanol–water partition coefficient (Wildman–Crippen LogP) is 0.806. The Balaban J connectivity index is 2.26. The van der Waals surface area contributed by atoms with Crippen LogP contribution in [0.5, 0.6) is 0 Å². The third-order valence-corrected chi connectivity index (χ3v) is 2.20. The second-order valence-corrected chi connectivity index (χ2v) is 3.26. The molecule has 0 atom stereocenters. The van der Waals surface area contributed by atoms with Gasteiger partial charge in [0.15, 0.2) is 0 Å². The third-order valence-electron chi connectivity index (χ3n) is 2.20. The van der Waals surface area contributed by atoms with Crippen molar-refractivity contribution in [3.8, 4) is 0 Å². The molecule has 1 heterocycles. The van der Waals surface area contributed by atoms with Crippen molar-refractivity contribution >= 4 is 0 Å². The molecule has 2 heteroatoms. The lowest BCUT2D eigenvalue weighted by molar-refractivity contribution is 0.233. The summed E-state index contributed by atoms with van der Waals surface area (Å²) >= 11 is 0. The first-order valence-electron chi connectivity index (χ1n) is 3.90. The number of rotatable bonds is 1. The topological polar surface area (TPSA) is 6.48 Å². The summed E-state index contributed by atoms with van der Waals surface area (Å²) in [7, 11) is 6.47. The highest BCUT2D eigenvalue weighted by Crippen LogP contribution is 2.19. The molecule has 59 valence electrons. The number of nitrogens with zero attached hydrogens (tertiary/aromatic N) is 2. The average molecular weight is 141 g/mol. The van der Waals surface area contributed by atoms with E-state index < -0.39 is 0 Å². The summed E-state index contributed by atoms with van der Waals surface area (Å²) in [6.07, 6.45) is 2.51. The van der Waals surface area contributed by atoms with Gasteiger partial charge in [-0.25, -0.2) is 0 Å². The molecule has 0 aliphatic carbocycles. The molecule has 1 radical (unpaired) electrons. The van der Waals surface area contributed by atoms with E-state index in [1.807, 2.05) is 0 Å². The van der Waals surface area contributed by atoms with Gasteiger partial charge in [0.2, 0.25) is 0 Å². The Morgan fingerprint density at radius 1 is 1.20 bits per heavy atom. The van der Waals surface area contributed by atoms with Gasteiger partial charge in [-0.3, -0.25) is 0 Å². The Morgan fingerprint density at radius 3 is 2.10 bits per heavy atom. The number of piperidine rings is 1. The van der Waals surface area contributed by atoms with Gasteiger partial charge in [0.1, 0.15) is 0 Å². The summed E-state index contributed by atoms with van der Waals surface area (Å²) in [5, 5.41) is 0. The lowest BCUT2D eigenvalue weighted by Gasteiger charge is -2.32. The molecule has 0 aromatic carbocycles. The summed E-state index contributed by atoms with van der Waals surface area (Å²) in [5.41, 5.74) is 0. The largest absolute Gasteiger partial charge is 0.306 e. The zero-order valence-corrected chi connectivity index (χ0v) is 7.22. The summed E-state index contributed by atoms with van der Waals surface area (Å²) in [4.78, 5) is 4.64. The molecule has 0 saturated carbocycles. The third kappa shape index (κ3) is 1.96. The van der Waals surface area contributed by atoms with E-state index in [1.165, 1.54) is 25.9 Å². The van der Waals surface area contributed by atoms with E-state index in [1.54, 1.807) is 6.04 Å². The van der Waals surface area contributed by atoms with Crippen LogP contribution in [0.25, 0.3) is 0 Å². The smallest absolute Gasteiger partial charge is 0.0412 e. The molecule has 1 aliphatic rings. The normalized spacial score (nSPS) is 24.0. The molecule has 0 amide bonds. The van der Waals surface area contributed by atoms with Crippen LogP contribution < -0.4 is 0 Å². The molecule has 0 bridgehead atoms. The maximum Gasteiger partial charge on any atom is 0.0412 e. The summed E-state index contributed by atoms with van der Waals surface area (Å²) in [6.45, 7) is 2.46. The van der Waals surface area contributed by atoms with Crippen LogP contribution in [0.15, 0.2) is 0 Å². The second kappa shape index (κ2) is 3.35. The van der Waals surface area contributed by atoms with Crippen molar-refractivity contribution in [2.75, 3.05) is 34.2 Å². The molecule has 2 nitrogen and oxygen atoms in total. The van der Waals surface area contributed by atoms with Gasteiger partial charge in [0, 0.05) is 6.04 Å². The molecule has 1 aliphatic heterocycles. The number of hydrogen-bond acceptors (Lipinski definition) is 2. The molecular weight excluding hydrogens is 124 g/mol. The lowest BCUT2D eigenvalue weighted by atomic mass is 10.1. The highest BCUT2D eigenvalue weighted by Gasteiger charge is 2.18. The maximum absolute atomic E-state index is 2.38. The monoisotopic (exact) mass is 141 g/mol. The van der Waals surface area contributed by atoms with E-state index in [2.05, 4.69) is 30.9 Å². The Labute approximate surface area is 63.8 Å². The van der Waals surface area contributed by atoms with Gasteiger partial charge in [-0.1, -0.05) is 0 Å². The van der Waals surface area contributed by atoms with E-state index >= 15 is 0 Å². The number of likely N-dealkylation sites (tertiary alicyclic amines) is 1. The summed E-state index contributed by atoms with van der Waals surface area (Å²) in [5.74, 6) is 0. The van der Waals surface area contributed by atoms with Crippen LogP contribution in [0.2, 0.25) is 0 Å². The summed E-state index contributed by atoms with van der Waals surface area (Å²) < 4.78 is 0. The highest BCUT2D eigenvalue weighted by atomic mass is 15.2. The van der Waals surface area contributed by atoms with Crippen LogP contribution in [0.3, 0.4) is 0 Å². The van der Waals surface area contributed by atoms with Gasteiger partial charge in [0.25, 0.3) is 0 Å². The Hall–Kier alpha value is -0.0800. The highest BCUT2D eigenvalue weighted by molar-refractivity contribution is 4.91. The van der Waals surface area contributed by atoms with Crippen molar-refractivity contribution in [1.29, 1.82) is 0 Å². The number of hydrogen-bond donors (Lipinski definition) is 0. The van der Waals surface area contributed by atoms with Crippen molar-refractivity contribution in [2.45, 2.75) is 12.8 Å². The van der Waals surface area contributed by atoms with Crippen LogP contribution in [-0.2, 0) is 0 Å². The van der Waals surface area contributed by atoms with Crippen LogP contribution in [0.4, 0.5) is 0 Å². The minimum atomic E-state index is 1.23. The first-order valence-corrected chi connectivity index (χ1v) is 3.90. The first-order chi connectivity index (χ1) is 4.70. The first kappa shape index (κ1) is 8.02. The van der Waals surface area contributed by atoms with Crippen LogP contribution in [0.1, 0.15) is 12.8 Å². The second-order valence-electron chi connectivity index (χ2n) is 3.26. The van der Waals surface area contributed by atoms with Gasteiger partial charge in [-0.2, -0.15) is 0 Å². The molecular formula is C8H17N2.